The largest absolute Gasteiger partial charge is 0.481 e. The molecule has 0 radical (unpaired) electrons. The maximum absolute atomic E-state index is 11.8. The van der Waals surface area contributed by atoms with Crippen LogP contribution in [0.4, 0.5) is 0 Å². The molecular formula is C11H19NO4S. The van der Waals surface area contributed by atoms with E-state index < -0.39 is 12.0 Å². The van der Waals surface area contributed by atoms with Crippen LogP contribution in [-0.2, 0) is 14.4 Å². The summed E-state index contributed by atoms with van der Waals surface area (Å²) in [6.45, 7) is 5.19. The maximum atomic E-state index is 11.8. The Kier molecular flexibility index (Phi) is 7.61. The van der Waals surface area contributed by atoms with Crippen molar-refractivity contribution in [2.24, 2.45) is 5.92 Å². The molecule has 0 saturated heterocycles. The van der Waals surface area contributed by atoms with Crippen molar-refractivity contribution in [1.82, 2.24) is 5.32 Å². The quantitative estimate of drug-likeness (QED) is 0.679. The fourth-order valence-corrected chi connectivity index (χ4v) is 2.07. The van der Waals surface area contributed by atoms with Gasteiger partial charge in [0, 0.05) is 19.1 Å². The predicted octanol–water partition coefficient (Wildman–Crippen LogP) is 0.924. The minimum absolute atomic E-state index is 0.0481. The topological polar surface area (TPSA) is 83.5 Å². The lowest BCUT2D eigenvalue weighted by Crippen LogP contribution is -2.42. The summed E-state index contributed by atoms with van der Waals surface area (Å²) in [5, 5.41) is 11.1. The summed E-state index contributed by atoms with van der Waals surface area (Å²) < 4.78 is 0. The molecule has 0 aromatic carbocycles. The summed E-state index contributed by atoms with van der Waals surface area (Å²) >= 11 is 1.13. The molecule has 0 aliphatic carbocycles. The Balaban J connectivity index is 4.26. The second-order valence-corrected chi connectivity index (χ2v) is 5.26. The number of amides is 1. The van der Waals surface area contributed by atoms with Crippen LogP contribution in [0, 0.1) is 5.92 Å². The Morgan fingerprint density at radius 2 is 1.88 bits per heavy atom. The first-order valence-electron chi connectivity index (χ1n) is 5.42. The smallest absolute Gasteiger partial charge is 0.313 e. The van der Waals surface area contributed by atoms with Gasteiger partial charge >= 0.3 is 5.97 Å². The number of carboxylic acid groups (broad SMARTS) is 1. The average Bonchev–Trinajstić information content (AvgIpc) is 2.13. The van der Waals surface area contributed by atoms with E-state index in [1.165, 1.54) is 6.92 Å². The Morgan fingerprint density at radius 3 is 2.29 bits per heavy atom. The van der Waals surface area contributed by atoms with E-state index in [4.69, 9.17) is 5.11 Å². The molecular weight excluding hydrogens is 242 g/mol. The first kappa shape index (κ1) is 16.0. The minimum atomic E-state index is -0.923. The molecule has 0 spiro atoms. The Morgan fingerprint density at radius 1 is 1.29 bits per heavy atom. The van der Waals surface area contributed by atoms with Gasteiger partial charge in [-0.15, -0.1) is 11.8 Å². The van der Waals surface area contributed by atoms with Crippen LogP contribution in [0.2, 0.25) is 0 Å². The lowest BCUT2D eigenvalue weighted by molar-refractivity contribution is -0.134. The number of aliphatic carboxylic acids is 1. The van der Waals surface area contributed by atoms with Gasteiger partial charge in [0.25, 0.3) is 0 Å². The van der Waals surface area contributed by atoms with E-state index in [0.717, 1.165) is 11.8 Å². The van der Waals surface area contributed by atoms with E-state index >= 15 is 0 Å². The van der Waals surface area contributed by atoms with Crippen molar-refractivity contribution in [2.45, 2.75) is 33.2 Å². The fourth-order valence-electron chi connectivity index (χ4n) is 1.27. The van der Waals surface area contributed by atoms with Gasteiger partial charge in [-0.1, -0.05) is 13.8 Å². The van der Waals surface area contributed by atoms with Gasteiger partial charge in [-0.25, -0.2) is 0 Å². The minimum Gasteiger partial charge on any atom is -0.481 e. The number of carbonyl (C=O) groups excluding carboxylic acids is 2. The van der Waals surface area contributed by atoms with Gasteiger partial charge < -0.3 is 10.4 Å². The highest BCUT2D eigenvalue weighted by Gasteiger charge is 2.20. The molecule has 0 aliphatic rings. The standard InChI is InChI=1S/C11H19NO4S/c1-7(2)4-10(14)9(12-8(3)13)5-17-6-11(15)16/h7,9H,4-6H2,1-3H3,(H,12,13)(H,15,16)/t9-/m0/s1. The Hall–Kier alpha value is -1.04. The van der Waals surface area contributed by atoms with Crippen LogP contribution in [0.5, 0.6) is 0 Å². The highest BCUT2D eigenvalue weighted by atomic mass is 32.2. The van der Waals surface area contributed by atoms with Gasteiger partial charge in [-0.3, -0.25) is 14.4 Å². The first-order valence-corrected chi connectivity index (χ1v) is 6.57. The zero-order valence-corrected chi connectivity index (χ0v) is 11.2. The van der Waals surface area contributed by atoms with Gasteiger partial charge in [-0.2, -0.15) is 0 Å². The van der Waals surface area contributed by atoms with Gasteiger partial charge in [0.2, 0.25) is 5.91 Å². The zero-order chi connectivity index (χ0) is 13.4. The van der Waals surface area contributed by atoms with Crippen LogP contribution in [-0.4, -0.2) is 40.3 Å². The summed E-state index contributed by atoms with van der Waals surface area (Å²) in [6, 6.07) is -0.584. The third-order valence-corrected chi connectivity index (χ3v) is 2.91. The zero-order valence-electron chi connectivity index (χ0n) is 10.4. The molecule has 1 amide bonds. The summed E-state index contributed by atoms with van der Waals surface area (Å²) in [6.07, 6.45) is 0.387. The van der Waals surface area contributed by atoms with Crippen molar-refractivity contribution < 1.29 is 19.5 Å². The number of thioether (sulfide) groups is 1. The van der Waals surface area contributed by atoms with E-state index in [2.05, 4.69) is 5.32 Å². The van der Waals surface area contributed by atoms with Crippen molar-refractivity contribution in [1.29, 1.82) is 0 Å². The van der Waals surface area contributed by atoms with Crippen LogP contribution in [0.3, 0.4) is 0 Å². The first-order chi connectivity index (χ1) is 7.82. The number of hydrogen-bond donors (Lipinski definition) is 2. The molecule has 1 atom stereocenters. The van der Waals surface area contributed by atoms with Gasteiger partial charge in [0.1, 0.15) is 0 Å². The van der Waals surface area contributed by atoms with Crippen molar-refractivity contribution in [2.75, 3.05) is 11.5 Å². The van der Waals surface area contributed by atoms with Crippen molar-refractivity contribution >= 4 is 29.4 Å². The molecule has 0 heterocycles. The summed E-state index contributed by atoms with van der Waals surface area (Å²) in [5.74, 6) is -0.783. The molecule has 0 unspecified atom stereocenters. The molecule has 0 rings (SSSR count). The number of rotatable bonds is 8. The van der Waals surface area contributed by atoms with Crippen molar-refractivity contribution in [3.63, 3.8) is 0 Å². The molecule has 0 aromatic rings. The second-order valence-electron chi connectivity index (χ2n) is 4.23. The van der Waals surface area contributed by atoms with Crippen molar-refractivity contribution in [3.8, 4) is 0 Å². The van der Waals surface area contributed by atoms with E-state index in [1.807, 2.05) is 13.8 Å². The summed E-state index contributed by atoms with van der Waals surface area (Å²) in [4.78, 5) is 33.1. The molecule has 0 saturated carbocycles. The van der Waals surface area contributed by atoms with E-state index in [1.54, 1.807) is 0 Å². The molecule has 6 heteroatoms. The maximum Gasteiger partial charge on any atom is 0.313 e. The highest BCUT2D eigenvalue weighted by molar-refractivity contribution is 8.00. The number of carbonyl (C=O) groups is 3. The van der Waals surface area contributed by atoms with Gasteiger partial charge in [0.05, 0.1) is 11.8 Å². The third kappa shape index (κ3) is 8.74. The van der Waals surface area contributed by atoms with Gasteiger partial charge in [0.15, 0.2) is 5.78 Å². The SMILES string of the molecule is CC(=O)N[C@@H](CSCC(=O)O)C(=O)CC(C)C. The predicted molar refractivity (Wildman–Crippen MR) is 67.0 cm³/mol. The Bertz CT molecular complexity index is 291. The average molecular weight is 261 g/mol. The molecule has 0 aromatic heterocycles. The number of hydrogen-bond acceptors (Lipinski definition) is 4. The molecule has 0 fully saturated rings. The van der Waals surface area contributed by atoms with E-state index in [9.17, 15) is 14.4 Å². The van der Waals surface area contributed by atoms with Crippen molar-refractivity contribution in [3.05, 3.63) is 0 Å². The monoisotopic (exact) mass is 261 g/mol. The normalized spacial score (nSPS) is 12.2. The molecule has 0 aliphatic heterocycles. The molecule has 17 heavy (non-hydrogen) atoms. The molecule has 2 N–H and O–H groups in total. The number of ketones is 1. The summed E-state index contributed by atoms with van der Waals surface area (Å²) in [5.41, 5.74) is 0. The number of carboxylic acids is 1. The van der Waals surface area contributed by atoms with Crippen LogP contribution in [0.25, 0.3) is 0 Å². The van der Waals surface area contributed by atoms with Crippen LogP contribution in [0.1, 0.15) is 27.2 Å². The fraction of sp³-hybridized carbons (Fsp3) is 0.727. The number of nitrogens with one attached hydrogen (secondary N) is 1. The molecule has 98 valence electrons. The summed E-state index contributed by atoms with van der Waals surface area (Å²) in [7, 11) is 0. The molecule has 0 bridgehead atoms. The van der Waals surface area contributed by atoms with Gasteiger partial charge in [-0.05, 0) is 5.92 Å². The van der Waals surface area contributed by atoms with Crippen LogP contribution in [0.15, 0.2) is 0 Å². The number of Topliss-reactive ketones (excluding diaryl/α,β-unsaturated/α-hetero) is 1. The van der Waals surface area contributed by atoms with E-state index in [-0.39, 0.29) is 23.4 Å². The highest BCUT2D eigenvalue weighted by Crippen LogP contribution is 2.09. The van der Waals surface area contributed by atoms with E-state index in [0.29, 0.717) is 12.2 Å². The Labute approximate surface area is 105 Å². The second kappa shape index (κ2) is 8.11. The lowest BCUT2D eigenvalue weighted by atomic mass is 10.0. The van der Waals surface area contributed by atoms with Crippen LogP contribution >= 0.6 is 11.8 Å². The van der Waals surface area contributed by atoms with Crippen LogP contribution < -0.4 is 5.32 Å². The molecule has 5 nitrogen and oxygen atoms in total. The lowest BCUT2D eigenvalue weighted by Gasteiger charge is -2.17. The third-order valence-electron chi connectivity index (χ3n) is 1.89.